The summed E-state index contributed by atoms with van der Waals surface area (Å²) < 4.78 is 2.40. The highest BCUT2D eigenvalue weighted by molar-refractivity contribution is 5.76. The minimum absolute atomic E-state index is 0.270. The molecule has 1 aliphatic rings. The van der Waals surface area contributed by atoms with Crippen molar-refractivity contribution in [1.82, 2.24) is 9.55 Å². The number of rotatable bonds is 4. The Balaban J connectivity index is 2.01. The number of fused-ring (bicyclic) bond motifs is 1. The molecule has 0 amide bonds. The van der Waals surface area contributed by atoms with Crippen LogP contribution in [0, 0.1) is 5.41 Å². The molecule has 21 heavy (non-hydrogen) atoms. The highest BCUT2D eigenvalue weighted by atomic mass is 15.1. The zero-order valence-corrected chi connectivity index (χ0v) is 13.3. The third kappa shape index (κ3) is 2.71. The lowest BCUT2D eigenvalue weighted by atomic mass is 9.71. The standard InChI is InChI=1S/C18H27N3/c1-14(2)21-16-9-5-4-8-15(16)20-17(21)12-18(13-19)10-6-3-7-11-18/h4-5,8-9,14H,3,6-7,10-13,19H2,1-2H3. The van der Waals surface area contributed by atoms with E-state index < -0.39 is 0 Å². The first kappa shape index (κ1) is 14.6. The van der Waals surface area contributed by atoms with Gasteiger partial charge in [0.05, 0.1) is 11.0 Å². The van der Waals surface area contributed by atoms with Gasteiger partial charge in [0.2, 0.25) is 0 Å². The van der Waals surface area contributed by atoms with Crippen molar-refractivity contribution in [1.29, 1.82) is 0 Å². The lowest BCUT2D eigenvalue weighted by molar-refractivity contribution is 0.191. The van der Waals surface area contributed by atoms with Gasteiger partial charge in [0.1, 0.15) is 5.82 Å². The van der Waals surface area contributed by atoms with E-state index in [2.05, 4.69) is 42.7 Å². The number of aromatic nitrogens is 2. The predicted octanol–water partition coefficient (Wildman–Crippen LogP) is 4.07. The van der Waals surface area contributed by atoms with Crippen LogP contribution in [0.4, 0.5) is 0 Å². The monoisotopic (exact) mass is 285 g/mol. The molecule has 1 aromatic carbocycles. The van der Waals surface area contributed by atoms with Gasteiger partial charge in [0, 0.05) is 12.5 Å². The van der Waals surface area contributed by atoms with Gasteiger partial charge in [-0.25, -0.2) is 4.98 Å². The van der Waals surface area contributed by atoms with Gasteiger partial charge in [-0.05, 0) is 50.8 Å². The maximum atomic E-state index is 6.17. The highest BCUT2D eigenvalue weighted by Crippen LogP contribution is 2.39. The van der Waals surface area contributed by atoms with Crippen molar-refractivity contribution in [2.45, 2.75) is 58.4 Å². The van der Waals surface area contributed by atoms with Crippen LogP contribution < -0.4 is 5.73 Å². The van der Waals surface area contributed by atoms with E-state index in [1.54, 1.807) is 0 Å². The Morgan fingerprint density at radius 1 is 1.19 bits per heavy atom. The van der Waals surface area contributed by atoms with Gasteiger partial charge in [0.25, 0.3) is 0 Å². The third-order valence-corrected chi connectivity index (χ3v) is 5.07. The SMILES string of the molecule is CC(C)n1c(CC2(CN)CCCCC2)nc2ccccc21. The largest absolute Gasteiger partial charge is 0.330 e. The summed E-state index contributed by atoms with van der Waals surface area (Å²) in [5.41, 5.74) is 8.81. The number of benzene rings is 1. The second kappa shape index (κ2) is 5.80. The van der Waals surface area contributed by atoms with Crippen molar-refractivity contribution >= 4 is 11.0 Å². The summed E-state index contributed by atoms with van der Waals surface area (Å²) in [5.74, 6) is 1.22. The van der Waals surface area contributed by atoms with Gasteiger partial charge in [-0.3, -0.25) is 0 Å². The fourth-order valence-electron chi connectivity index (χ4n) is 3.89. The third-order valence-electron chi connectivity index (χ3n) is 5.07. The topological polar surface area (TPSA) is 43.8 Å². The molecule has 0 spiro atoms. The number of hydrogen-bond acceptors (Lipinski definition) is 2. The minimum atomic E-state index is 0.270. The Morgan fingerprint density at radius 2 is 1.90 bits per heavy atom. The van der Waals surface area contributed by atoms with Crippen LogP contribution in [-0.4, -0.2) is 16.1 Å². The smallest absolute Gasteiger partial charge is 0.110 e. The summed E-state index contributed by atoms with van der Waals surface area (Å²) in [6.07, 6.45) is 7.53. The lowest BCUT2D eigenvalue weighted by Crippen LogP contribution is -2.35. The molecule has 3 rings (SSSR count). The van der Waals surface area contributed by atoms with E-state index >= 15 is 0 Å². The average Bonchev–Trinajstić information content (AvgIpc) is 2.85. The summed E-state index contributed by atoms with van der Waals surface area (Å²) in [6.45, 7) is 5.27. The number of para-hydroxylation sites is 2. The van der Waals surface area contributed by atoms with Crippen LogP contribution in [0.3, 0.4) is 0 Å². The summed E-state index contributed by atoms with van der Waals surface area (Å²) in [6, 6.07) is 8.91. The molecule has 1 heterocycles. The fraction of sp³-hybridized carbons (Fsp3) is 0.611. The molecule has 0 aliphatic heterocycles. The predicted molar refractivity (Wildman–Crippen MR) is 88.4 cm³/mol. The number of imidazole rings is 1. The molecule has 0 radical (unpaired) electrons. The molecule has 0 bridgehead atoms. The van der Waals surface area contributed by atoms with E-state index in [-0.39, 0.29) is 5.41 Å². The molecule has 1 aromatic heterocycles. The van der Waals surface area contributed by atoms with Gasteiger partial charge in [-0.2, -0.15) is 0 Å². The van der Waals surface area contributed by atoms with Crippen molar-refractivity contribution in [3.63, 3.8) is 0 Å². The van der Waals surface area contributed by atoms with E-state index in [4.69, 9.17) is 10.7 Å². The number of nitrogens with zero attached hydrogens (tertiary/aromatic N) is 2. The van der Waals surface area contributed by atoms with Crippen molar-refractivity contribution in [2.75, 3.05) is 6.54 Å². The van der Waals surface area contributed by atoms with Crippen LogP contribution in [0.5, 0.6) is 0 Å². The Morgan fingerprint density at radius 3 is 2.57 bits per heavy atom. The molecule has 3 heteroatoms. The first-order valence-electron chi connectivity index (χ1n) is 8.31. The summed E-state index contributed by atoms with van der Waals surface area (Å²) in [4.78, 5) is 4.93. The van der Waals surface area contributed by atoms with Gasteiger partial charge >= 0.3 is 0 Å². The van der Waals surface area contributed by atoms with E-state index in [0.29, 0.717) is 6.04 Å². The van der Waals surface area contributed by atoms with Gasteiger partial charge in [-0.15, -0.1) is 0 Å². The molecule has 3 nitrogen and oxygen atoms in total. The minimum Gasteiger partial charge on any atom is -0.330 e. The molecule has 0 atom stereocenters. The molecule has 1 saturated carbocycles. The van der Waals surface area contributed by atoms with Crippen LogP contribution in [-0.2, 0) is 6.42 Å². The summed E-state index contributed by atoms with van der Waals surface area (Å²) >= 11 is 0. The molecular weight excluding hydrogens is 258 g/mol. The van der Waals surface area contributed by atoms with Crippen LogP contribution in [0.25, 0.3) is 11.0 Å². The van der Waals surface area contributed by atoms with E-state index in [1.807, 2.05) is 0 Å². The van der Waals surface area contributed by atoms with E-state index in [0.717, 1.165) is 18.5 Å². The second-order valence-electron chi connectivity index (χ2n) is 6.92. The second-order valence-corrected chi connectivity index (χ2v) is 6.92. The van der Waals surface area contributed by atoms with E-state index in [9.17, 15) is 0 Å². The maximum Gasteiger partial charge on any atom is 0.110 e. The molecule has 0 saturated heterocycles. The van der Waals surface area contributed by atoms with Gasteiger partial charge in [0.15, 0.2) is 0 Å². The van der Waals surface area contributed by atoms with Crippen LogP contribution in [0.2, 0.25) is 0 Å². The maximum absolute atomic E-state index is 6.17. The zero-order valence-electron chi connectivity index (χ0n) is 13.3. The quantitative estimate of drug-likeness (QED) is 0.920. The Labute approximate surface area is 127 Å². The Bertz CT molecular complexity index is 606. The molecule has 2 aromatic rings. The summed E-state index contributed by atoms with van der Waals surface area (Å²) in [7, 11) is 0. The van der Waals surface area contributed by atoms with E-state index in [1.165, 1.54) is 43.4 Å². The van der Waals surface area contributed by atoms with Gasteiger partial charge in [-0.1, -0.05) is 31.4 Å². The van der Waals surface area contributed by atoms with Crippen LogP contribution in [0.1, 0.15) is 57.8 Å². The first-order chi connectivity index (χ1) is 10.2. The van der Waals surface area contributed by atoms with Crippen molar-refractivity contribution < 1.29 is 0 Å². The lowest BCUT2D eigenvalue weighted by Gasteiger charge is -2.36. The zero-order chi connectivity index (χ0) is 14.9. The Kier molecular flexibility index (Phi) is 4.03. The average molecular weight is 285 g/mol. The molecule has 0 unspecified atom stereocenters. The van der Waals surface area contributed by atoms with Crippen LogP contribution >= 0.6 is 0 Å². The fourth-order valence-corrected chi connectivity index (χ4v) is 3.89. The van der Waals surface area contributed by atoms with Crippen molar-refractivity contribution in [2.24, 2.45) is 11.1 Å². The normalized spacial score (nSPS) is 18.5. The molecule has 1 aliphatic carbocycles. The highest BCUT2D eigenvalue weighted by Gasteiger charge is 2.33. The first-order valence-corrected chi connectivity index (χ1v) is 8.31. The van der Waals surface area contributed by atoms with Crippen molar-refractivity contribution in [3.8, 4) is 0 Å². The van der Waals surface area contributed by atoms with Crippen molar-refractivity contribution in [3.05, 3.63) is 30.1 Å². The molecule has 1 fully saturated rings. The Hall–Kier alpha value is -1.35. The number of hydrogen-bond donors (Lipinski definition) is 1. The van der Waals surface area contributed by atoms with Gasteiger partial charge < -0.3 is 10.3 Å². The molecule has 2 N–H and O–H groups in total. The van der Waals surface area contributed by atoms with Crippen LogP contribution in [0.15, 0.2) is 24.3 Å². The number of nitrogens with two attached hydrogens (primary N) is 1. The molecule has 114 valence electrons. The molecular formula is C18H27N3. The summed E-state index contributed by atoms with van der Waals surface area (Å²) in [5, 5.41) is 0.